The van der Waals surface area contributed by atoms with Crippen LogP contribution in [-0.4, -0.2) is 17.4 Å². The molecule has 20 heavy (non-hydrogen) atoms. The minimum atomic E-state index is -0.164. The first-order chi connectivity index (χ1) is 9.66. The zero-order chi connectivity index (χ0) is 14.4. The van der Waals surface area contributed by atoms with E-state index in [1.807, 2.05) is 25.1 Å². The number of amides is 1. The van der Waals surface area contributed by atoms with E-state index >= 15 is 0 Å². The number of nitrogens with zero attached hydrogens (tertiary/aromatic N) is 1. The number of pyridine rings is 1. The number of aromatic nitrogens is 1. The van der Waals surface area contributed by atoms with Gasteiger partial charge < -0.3 is 11.1 Å². The number of carbonyl (C=O) groups is 1. The zero-order valence-electron chi connectivity index (χ0n) is 11.6. The summed E-state index contributed by atoms with van der Waals surface area (Å²) in [4.78, 5) is 16.1. The molecule has 1 aromatic heterocycles. The van der Waals surface area contributed by atoms with Crippen LogP contribution >= 0.6 is 0 Å². The fourth-order valence-corrected chi connectivity index (χ4v) is 2.01. The van der Waals surface area contributed by atoms with Crippen LogP contribution in [0.5, 0.6) is 0 Å². The second kappa shape index (κ2) is 6.70. The first kappa shape index (κ1) is 14.1. The quantitative estimate of drug-likeness (QED) is 0.819. The predicted octanol–water partition coefficient (Wildman–Crippen LogP) is 2.33. The van der Waals surface area contributed by atoms with Gasteiger partial charge in [-0.05, 0) is 31.4 Å². The Balaban J connectivity index is 1.80. The number of hydrogen-bond donors (Lipinski definition) is 2. The van der Waals surface area contributed by atoms with Crippen molar-refractivity contribution in [2.75, 3.05) is 12.3 Å². The number of anilines is 1. The van der Waals surface area contributed by atoms with Crippen LogP contribution in [0.3, 0.4) is 0 Å². The molecule has 0 atom stereocenters. The maximum Gasteiger partial charge on any atom is 0.254 e. The number of aryl methyl sites for hydroxylation is 2. The highest BCUT2D eigenvalue weighted by Crippen LogP contribution is 2.11. The monoisotopic (exact) mass is 269 g/mol. The molecule has 0 bridgehead atoms. The van der Waals surface area contributed by atoms with Crippen LogP contribution < -0.4 is 11.1 Å². The standard InChI is InChI=1S/C16H19N3O/c1-12-10-15(17)14(11-19-12)16(20)18-9-5-8-13-6-3-2-4-7-13/h2-4,6-7,10-11H,5,8-9H2,1H3,(H2,17,19)(H,18,20). The molecule has 0 unspecified atom stereocenters. The van der Waals surface area contributed by atoms with Gasteiger partial charge in [0.15, 0.2) is 0 Å². The Hall–Kier alpha value is -2.36. The fraction of sp³-hybridized carbons (Fsp3) is 0.250. The number of carbonyl (C=O) groups excluding carboxylic acids is 1. The van der Waals surface area contributed by atoms with Crippen LogP contribution in [0.4, 0.5) is 5.69 Å². The highest BCUT2D eigenvalue weighted by atomic mass is 16.1. The summed E-state index contributed by atoms with van der Waals surface area (Å²) >= 11 is 0. The average molecular weight is 269 g/mol. The van der Waals surface area contributed by atoms with E-state index < -0.39 is 0 Å². The molecule has 3 N–H and O–H groups in total. The van der Waals surface area contributed by atoms with E-state index in [4.69, 9.17) is 5.73 Å². The molecule has 1 amide bonds. The number of nitrogens with one attached hydrogen (secondary N) is 1. The van der Waals surface area contributed by atoms with E-state index in [-0.39, 0.29) is 5.91 Å². The summed E-state index contributed by atoms with van der Waals surface area (Å²) in [6.07, 6.45) is 3.37. The summed E-state index contributed by atoms with van der Waals surface area (Å²) in [6.45, 7) is 2.47. The van der Waals surface area contributed by atoms with Gasteiger partial charge in [-0.25, -0.2) is 0 Å². The predicted molar refractivity (Wildman–Crippen MR) is 80.5 cm³/mol. The molecule has 4 nitrogen and oxygen atoms in total. The van der Waals surface area contributed by atoms with E-state index in [0.717, 1.165) is 18.5 Å². The number of nitrogens with two attached hydrogens (primary N) is 1. The first-order valence-electron chi connectivity index (χ1n) is 6.71. The van der Waals surface area contributed by atoms with E-state index in [2.05, 4.69) is 22.4 Å². The van der Waals surface area contributed by atoms with Crippen LogP contribution in [0.25, 0.3) is 0 Å². The third-order valence-electron chi connectivity index (χ3n) is 3.09. The Morgan fingerprint density at radius 1 is 1.30 bits per heavy atom. The third kappa shape index (κ3) is 3.82. The minimum absolute atomic E-state index is 0.164. The largest absolute Gasteiger partial charge is 0.398 e. The van der Waals surface area contributed by atoms with Gasteiger partial charge in [0.2, 0.25) is 0 Å². The van der Waals surface area contributed by atoms with Gasteiger partial charge in [-0.3, -0.25) is 9.78 Å². The molecule has 0 radical (unpaired) electrons. The molecular weight excluding hydrogens is 250 g/mol. The Bertz CT molecular complexity index is 582. The van der Waals surface area contributed by atoms with E-state index in [9.17, 15) is 4.79 Å². The molecule has 0 spiro atoms. The summed E-state index contributed by atoms with van der Waals surface area (Å²) in [5.41, 5.74) is 8.81. The van der Waals surface area contributed by atoms with Crippen molar-refractivity contribution in [1.29, 1.82) is 0 Å². The molecule has 4 heteroatoms. The lowest BCUT2D eigenvalue weighted by Gasteiger charge is -2.07. The van der Waals surface area contributed by atoms with Crippen molar-refractivity contribution < 1.29 is 4.79 Å². The number of benzene rings is 1. The van der Waals surface area contributed by atoms with Crippen LogP contribution in [0, 0.1) is 6.92 Å². The van der Waals surface area contributed by atoms with E-state index in [1.165, 1.54) is 11.8 Å². The molecule has 0 saturated heterocycles. The van der Waals surface area contributed by atoms with Crippen molar-refractivity contribution in [3.63, 3.8) is 0 Å². The second-order valence-corrected chi connectivity index (χ2v) is 4.76. The van der Waals surface area contributed by atoms with Gasteiger partial charge in [0, 0.05) is 24.1 Å². The van der Waals surface area contributed by atoms with Crippen molar-refractivity contribution in [3.05, 3.63) is 59.4 Å². The van der Waals surface area contributed by atoms with Crippen LogP contribution in [0.1, 0.15) is 28.0 Å². The molecule has 0 aliphatic carbocycles. The molecule has 0 fully saturated rings. The molecule has 1 heterocycles. The summed E-state index contributed by atoms with van der Waals surface area (Å²) in [5.74, 6) is -0.164. The maximum absolute atomic E-state index is 12.0. The number of rotatable bonds is 5. The molecule has 0 saturated carbocycles. The van der Waals surface area contributed by atoms with Gasteiger partial charge in [-0.15, -0.1) is 0 Å². The van der Waals surface area contributed by atoms with Crippen LogP contribution in [-0.2, 0) is 6.42 Å². The maximum atomic E-state index is 12.0. The van der Waals surface area contributed by atoms with Crippen molar-refractivity contribution in [3.8, 4) is 0 Å². The highest BCUT2D eigenvalue weighted by Gasteiger charge is 2.09. The Kier molecular flexibility index (Phi) is 4.71. The van der Waals surface area contributed by atoms with Gasteiger partial charge in [-0.2, -0.15) is 0 Å². The molecule has 0 aliphatic rings. The summed E-state index contributed by atoms with van der Waals surface area (Å²) in [5, 5.41) is 2.87. The van der Waals surface area contributed by atoms with Crippen molar-refractivity contribution in [2.24, 2.45) is 0 Å². The molecule has 2 aromatic rings. The van der Waals surface area contributed by atoms with Crippen molar-refractivity contribution in [2.45, 2.75) is 19.8 Å². The Morgan fingerprint density at radius 2 is 2.05 bits per heavy atom. The molecule has 1 aromatic carbocycles. The number of nitrogen functional groups attached to an aromatic ring is 1. The summed E-state index contributed by atoms with van der Waals surface area (Å²) in [7, 11) is 0. The van der Waals surface area contributed by atoms with Gasteiger partial charge in [0.1, 0.15) is 0 Å². The minimum Gasteiger partial charge on any atom is -0.398 e. The average Bonchev–Trinajstić information content (AvgIpc) is 2.44. The van der Waals surface area contributed by atoms with E-state index in [0.29, 0.717) is 17.8 Å². The smallest absolute Gasteiger partial charge is 0.254 e. The Labute approximate surface area is 119 Å². The number of hydrogen-bond acceptors (Lipinski definition) is 3. The van der Waals surface area contributed by atoms with Crippen LogP contribution in [0.15, 0.2) is 42.6 Å². The van der Waals surface area contributed by atoms with Gasteiger partial charge in [0.25, 0.3) is 5.91 Å². The normalized spacial score (nSPS) is 10.2. The van der Waals surface area contributed by atoms with Gasteiger partial charge in [-0.1, -0.05) is 30.3 Å². The fourth-order valence-electron chi connectivity index (χ4n) is 2.01. The molecular formula is C16H19N3O. The summed E-state index contributed by atoms with van der Waals surface area (Å²) in [6, 6.07) is 11.9. The topological polar surface area (TPSA) is 68.0 Å². The SMILES string of the molecule is Cc1cc(N)c(C(=O)NCCCc2ccccc2)cn1. The third-order valence-corrected chi connectivity index (χ3v) is 3.09. The lowest BCUT2D eigenvalue weighted by molar-refractivity contribution is 0.0954. The summed E-state index contributed by atoms with van der Waals surface area (Å²) < 4.78 is 0. The van der Waals surface area contributed by atoms with Crippen molar-refractivity contribution >= 4 is 11.6 Å². The first-order valence-corrected chi connectivity index (χ1v) is 6.71. The highest BCUT2D eigenvalue weighted by molar-refractivity contribution is 5.98. The lowest BCUT2D eigenvalue weighted by Crippen LogP contribution is -2.25. The van der Waals surface area contributed by atoms with Crippen molar-refractivity contribution in [1.82, 2.24) is 10.3 Å². The molecule has 104 valence electrons. The second-order valence-electron chi connectivity index (χ2n) is 4.76. The van der Waals surface area contributed by atoms with Crippen LogP contribution in [0.2, 0.25) is 0 Å². The Morgan fingerprint density at radius 3 is 2.75 bits per heavy atom. The van der Waals surface area contributed by atoms with E-state index in [1.54, 1.807) is 6.07 Å². The lowest BCUT2D eigenvalue weighted by atomic mass is 10.1. The van der Waals surface area contributed by atoms with Gasteiger partial charge >= 0.3 is 0 Å². The zero-order valence-corrected chi connectivity index (χ0v) is 11.6. The van der Waals surface area contributed by atoms with Gasteiger partial charge in [0.05, 0.1) is 5.56 Å². The molecule has 2 rings (SSSR count). The molecule has 0 aliphatic heterocycles.